The molecule has 3 aromatic rings. The average Bonchev–Trinajstić information content (AvgIpc) is 3.35. The third-order valence-corrected chi connectivity index (χ3v) is 12.5. The Labute approximate surface area is 288 Å². The number of ether oxygens (including phenoxy) is 1. The van der Waals surface area contributed by atoms with Crippen LogP contribution in [0.15, 0.2) is 59.4 Å². The monoisotopic (exact) mass is 695 g/mol. The number of aromatic nitrogens is 1. The van der Waals surface area contributed by atoms with E-state index in [1.165, 1.54) is 31.4 Å². The molecule has 6 rings (SSSR count). The third-order valence-electron chi connectivity index (χ3n) is 10.6. The number of hydrogen-bond acceptors (Lipinski definition) is 8. The molecular formula is C37H46ClN3O6S. The first-order chi connectivity index (χ1) is 22.8. The molecule has 1 spiro atoms. The van der Waals surface area contributed by atoms with Crippen molar-refractivity contribution in [3.63, 3.8) is 0 Å². The summed E-state index contributed by atoms with van der Waals surface area (Å²) in [6, 6.07) is 11.3. The number of rotatable bonds is 10. The number of nitrogens with one attached hydrogen (secondary N) is 1. The number of halogens is 1. The highest BCUT2D eigenvalue weighted by Crippen LogP contribution is 2.49. The highest BCUT2D eigenvalue weighted by atomic mass is 35.5. The first-order valence-electron chi connectivity index (χ1n) is 17.0. The van der Waals surface area contributed by atoms with E-state index in [0.29, 0.717) is 42.6 Å². The Morgan fingerprint density at radius 3 is 2.75 bits per heavy atom. The summed E-state index contributed by atoms with van der Waals surface area (Å²) in [5, 5.41) is 12.2. The van der Waals surface area contributed by atoms with Crippen LogP contribution >= 0.6 is 11.6 Å². The van der Waals surface area contributed by atoms with Gasteiger partial charge in [-0.25, -0.2) is 18.1 Å². The summed E-state index contributed by atoms with van der Waals surface area (Å²) in [6.45, 7) is 8.73. The van der Waals surface area contributed by atoms with Crippen molar-refractivity contribution < 1.29 is 27.5 Å². The molecule has 11 heteroatoms. The number of amides is 1. The lowest BCUT2D eigenvalue weighted by Crippen LogP contribution is -2.53. The van der Waals surface area contributed by atoms with Gasteiger partial charge in [-0.05, 0) is 113 Å². The molecule has 1 amide bonds. The Morgan fingerprint density at radius 2 is 2.06 bits per heavy atom. The van der Waals surface area contributed by atoms with E-state index in [2.05, 4.69) is 33.7 Å². The van der Waals surface area contributed by atoms with E-state index >= 15 is 0 Å². The second kappa shape index (κ2) is 13.5. The second-order valence-corrected chi connectivity index (χ2v) is 16.8. The number of carbonyl (C=O) groups is 1. The number of oxazole rings is 1. The highest BCUT2D eigenvalue weighted by molar-refractivity contribution is 7.90. The molecule has 2 heterocycles. The average molecular weight is 696 g/mol. The van der Waals surface area contributed by atoms with Gasteiger partial charge in [0.05, 0.1) is 28.8 Å². The number of fused-ring (bicyclic) bond motifs is 3. The van der Waals surface area contributed by atoms with E-state index < -0.39 is 26.8 Å². The number of carbonyl (C=O) groups excluding carboxylic acids is 1. The predicted molar refractivity (Wildman–Crippen MR) is 187 cm³/mol. The molecule has 3 aliphatic rings. The van der Waals surface area contributed by atoms with Gasteiger partial charge in [0.1, 0.15) is 11.5 Å². The fourth-order valence-corrected chi connectivity index (χ4v) is 8.49. The zero-order valence-electron chi connectivity index (χ0n) is 28.2. The molecule has 1 saturated carbocycles. The van der Waals surface area contributed by atoms with Crippen molar-refractivity contribution in [2.45, 2.75) is 88.9 Å². The molecule has 2 N–H and O–H groups in total. The van der Waals surface area contributed by atoms with Gasteiger partial charge < -0.3 is 19.2 Å². The summed E-state index contributed by atoms with van der Waals surface area (Å²) in [5.41, 5.74) is 2.77. The van der Waals surface area contributed by atoms with Crippen LogP contribution in [0.4, 0.5) is 5.69 Å². The Bertz CT molecular complexity index is 1810. The van der Waals surface area contributed by atoms with Crippen molar-refractivity contribution in [3.8, 4) is 5.75 Å². The van der Waals surface area contributed by atoms with Crippen molar-refractivity contribution >= 4 is 33.2 Å². The lowest BCUT2D eigenvalue weighted by atomic mass is 9.63. The largest absolute Gasteiger partial charge is 0.490 e. The number of sulfonamides is 1. The first kappa shape index (κ1) is 34.5. The summed E-state index contributed by atoms with van der Waals surface area (Å²) < 4.78 is 39.7. The molecule has 48 heavy (non-hydrogen) atoms. The van der Waals surface area contributed by atoms with Crippen LogP contribution in [-0.2, 0) is 28.3 Å². The van der Waals surface area contributed by atoms with E-state index in [-0.39, 0.29) is 22.8 Å². The SMILES string of the molecule is CC/C=C/[C@@](O)(Cc1ocnc1C)[C@@H]1CC[C@H]1CN1C[C@@]2(CCCc3cc(Cl)ccc32)COc2ccc(C(=O)NS(=O)(=O)C(C)C)cc21. The minimum Gasteiger partial charge on any atom is -0.490 e. The number of anilines is 1. The topological polar surface area (TPSA) is 122 Å². The van der Waals surface area contributed by atoms with Gasteiger partial charge in [-0.2, -0.15) is 0 Å². The minimum atomic E-state index is -3.82. The van der Waals surface area contributed by atoms with E-state index in [1.54, 1.807) is 18.2 Å². The number of benzene rings is 2. The standard InChI is InChI=1S/C37H46ClN3O6S/c1-5-6-16-37(43,19-34-25(4)39-23-47-34)31-12-9-28(31)20-41-21-36(15-7-8-26-17-29(38)11-13-30(26)36)22-46-33-14-10-27(18-32(33)41)35(42)40-48(44,45)24(2)3/h6,10-11,13-14,16-18,23-24,28,31,43H,5,7-9,12,15,19-22H2,1-4H3,(H,40,42)/b16-6+/t28-,31+,36-,37+/m0/s1. The van der Waals surface area contributed by atoms with Gasteiger partial charge in [0.15, 0.2) is 6.39 Å². The molecule has 1 aliphatic heterocycles. The molecule has 9 nitrogen and oxygen atoms in total. The first-order valence-corrected chi connectivity index (χ1v) is 18.9. The molecule has 4 atom stereocenters. The molecule has 0 radical (unpaired) electrons. The summed E-state index contributed by atoms with van der Waals surface area (Å²) in [5.74, 6) is 0.751. The van der Waals surface area contributed by atoms with Gasteiger partial charge in [0.25, 0.3) is 5.91 Å². The number of hydrogen-bond donors (Lipinski definition) is 2. The maximum absolute atomic E-state index is 13.3. The highest BCUT2D eigenvalue weighted by Gasteiger charge is 2.48. The smallest absolute Gasteiger partial charge is 0.264 e. The number of aryl methyl sites for hydroxylation is 2. The quantitative estimate of drug-likeness (QED) is 0.229. The normalized spacial score (nSPS) is 23.6. The Morgan fingerprint density at radius 1 is 1.25 bits per heavy atom. The molecule has 0 unspecified atom stereocenters. The second-order valence-electron chi connectivity index (χ2n) is 14.1. The number of nitrogens with zero attached hydrogens (tertiary/aromatic N) is 2. The van der Waals surface area contributed by atoms with Crippen molar-refractivity contribution in [2.24, 2.45) is 11.8 Å². The fraction of sp³-hybridized carbons (Fsp3) is 0.514. The van der Waals surface area contributed by atoms with Crippen LogP contribution in [0, 0.1) is 18.8 Å². The van der Waals surface area contributed by atoms with Crippen LogP contribution < -0.4 is 14.4 Å². The molecule has 258 valence electrons. The van der Waals surface area contributed by atoms with Crippen LogP contribution in [0.2, 0.25) is 5.02 Å². The molecule has 1 fully saturated rings. The van der Waals surface area contributed by atoms with Gasteiger partial charge in [0, 0.05) is 35.5 Å². The van der Waals surface area contributed by atoms with Crippen LogP contribution in [-0.4, -0.2) is 55.0 Å². The van der Waals surface area contributed by atoms with Crippen molar-refractivity contribution in [1.82, 2.24) is 9.71 Å². The van der Waals surface area contributed by atoms with Crippen molar-refractivity contribution in [3.05, 3.63) is 88.1 Å². The Kier molecular flexibility index (Phi) is 9.72. The van der Waals surface area contributed by atoms with Gasteiger partial charge in [-0.3, -0.25) is 4.79 Å². The predicted octanol–water partition coefficient (Wildman–Crippen LogP) is 6.54. The molecule has 0 saturated heterocycles. The van der Waals surface area contributed by atoms with Crippen LogP contribution in [0.3, 0.4) is 0 Å². The fourth-order valence-electron chi connectivity index (χ4n) is 7.68. The zero-order chi connectivity index (χ0) is 34.3. The molecule has 2 aliphatic carbocycles. The summed E-state index contributed by atoms with van der Waals surface area (Å²) in [7, 11) is -3.82. The Balaban J connectivity index is 1.37. The van der Waals surface area contributed by atoms with Crippen LogP contribution in [0.5, 0.6) is 5.75 Å². The van der Waals surface area contributed by atoms with Gasteiger partial charge in [-0.15, -0.1) is 0 Å². The maximum atomic E-state index is 13.3. The van der Waals surface area contributed by atoms with Crippen LogP contribution in [0.25, 0.3) is 0 Å². The molecular weight excluding hydrogens is 650 g/mol. The lowest BCUT2D eigenvalue weighted by Gasteiger charge is -2.49. The lowest BCUT2D eigenvalue weighted by molar-refractivity contribution is -0.0475. The van der Waals surface area contributed by atoms with E-state index in [4.69, 9.17) is 20.8 Å². The third kappa shape index (κ3) is 6.76. The van der Waals surface area contributed by atoms with Crippen molar-refractivity contribution in [1.29, 1.82) is 0 Å². The Hall–Kier alpha value is -3.34. The summed E-state index contributed by atoms with van der Waals surface area (Å²) >= 11 is 6.44. The van der Waals surface area contributed by atoms with Crippen LogP contribution in [0.1, 0.15) is 85.8 Å². The van der Waals surface area contributed by atoms with E-state index in [1.807, 2.05) is 25.1 Å². The van der Waals surface area contributed by atoms with E-state index in [0.717, 1.165) is 49.9 Å². The maximum Gasteiger partial charge on any atom is 0.264 e. The van der Waals surface area contributed by atoms with Crippen molar-refractivity contribution in [2.75, 3.05) is 24.6 Å². The zero-order valence-corrected chi connectivity index (χ0v) is 29.7. The van der Waals surface area contributed by atoms with E-state index in [9.17, 15) is 18.3 Å². The molecule has 2 aromatic carbocycles. The summed E-state index contributed by atoms with van der Waals surface area (Å²) in [4.78, 5) is 19.8. The van der Waals surface area contributed by atoms with Gasteiger partial charge >= 0.3 is 0 Å². The van der Waals surface area contributed by atoms with Gasteiger partial charge in [-0.1, -0.05) is 36.7 Å². The van der Waals surface area contributed by atoms with Gasteiger partial charge in [0.2, 0.25) is 10.0 Å². The minimum absolute atomic E-state index is 0.0338. The molecule has 0 bridgehead atoms. The number of allylic oxidation sites excluding steroid dienone is 1. The number of aliphatic hydroxyl groups is 1. The summed E-state index contributed by atoms with van der Waals surface area (Å²) in [6.07, 6.45) is 11.2. The molecule has 1 aromatic heterocycles.